The van der Waals surface area contributed by atoms with Crippen molar-refractivity contribution in [3.8, 4) is 0 Å². The zero-order valence-corrected chi connectivity index (χ0v) is 11.8. The van der Waals surface area contributed by atoms with E-state index >= 15 is 0 Å². The molecule has 2 heterocycles. The summed E-state index contributed by atoms with van der Waals surface area (Å²) >= 11 is 1.43. The van der Waals surface area contributed by atoms with Gasteiger partial charge in [-0.05, 0) is 26.2 Å². The number of esters is 1. The molecule has 0 radical (unpaired) electrons. The van der Waals surface area contributed by atoms with Crippen LogP contribution < -0.4 is 0 Å². The largest absolute Gasteiger partial charge is 0.465 e. The first-order chi connectivity index (χ1) is 9.24. The van der Waals surface area contributed by atoms with Crippen LogP contribution in [0.3, 0.4) is 0 Å². The quantitative estimate of drug-likeness (QED) is 0.785. The molecular formula is C12H16N4O2S. The van der Waals surface area contributed by atoms with Gasteiger partial charge in [-0.2, -0.15) is 9.61 Å². The molecule has 1 aliphatic rings. The molecule has 2 aromatic rings. The SMILES string of the molecule is CCOC(=O)C(CC)c1nn2c(C3CC3)nnc2s1. The van der Waals surface area contributed by atoms with Gasteiger partial charge in [0, 0.05) is 5.92 Å². The summed E-state index contributed by atoms with van der Waals surface area (Å²) < 4.78 is 6.89. The van der Waals surface area contributed by atoms with Crippen molar-refractivity contribution in [3.63, 3.8) is 0 Å². The zero-order valence-electron chi connectivity index (χ0n) is 11.0. The number of carbonyl (C=O) groups is 1. The summed E-state index contributed by atoms with van der Waals surface area (Å²) in [5.74, 6) is 0.922. The van der Waals surface area contributed by atoms with E-state index in [1.54, 1.807) is 4.52 Å². The first-order valence-electron chi connectivity index (χ1n) is 6.63. The van der Waals surface area contributed by atoms with E-state index in [9.17, 15) is 4.79 Å². The molecule has 1 atom stereocenters. The van der Waals surface area contributed by atoms with Crippen LogP contribution in [0.25, 0.3) is 4.96 Å². The second-order valence-electron chi connectivity index (χ2n) is 4.68. The third-order valence-electron chi connectivity index (χ3n) is 3.25. The lowest BCUT2D eigenvalue weighted by Crippen LogP contribution is -2.15. The molecule has 1 aliphatic carbocycles. The molecule has 7 heteroatoms. The van der Waals surface area contributed by atoms with Gasteiger partial charge in [0.1, 0.15) is 10.9 Å². The first kappa shape index (κ1) is 12.5. The van der Waals surface area contributed by atoms with E-state index in [4.69, 9.17) is 4.74 Å². The Labute approximate surface area is 114 Å². The molecule has 1 unspecified atom stereocenters. The lowest BCUT2D eigenvalue weighted by molar-refractivity contribution is -0.145. The molecule has 3 rings (SSSR count). The summed E-state index contributed by atoms with van der Waals surface area (Å²) in [7, 11) is 0. The van der Waals surface area contributed by atoms with Crippen molar-refractivity contribution in [1.82, 2.24) is 19.8 Å². The average Bonchev–Trinajstić information content (AvgIpc) is 3.01. The monoisotopic (exact) mass is 280 g/mol. The molecule has 0 spiro atoms. The van der Waals surface area contributed by atoms with Crippen molar-refractivity contribution in [2.24, 2.45) is 0 Å². The summed E-state index contributed by atoms with van der Waals surface area (Å²) in [6, 6.07) is 0. The lowest BCUT2D eigenvalue weighted by atomic mass is 10.1. The van der Waals surface area contributed by atoms with Crippen LogP contribution in [0, 0.1) is 0 Å². The minimum Gasteiger partial charge on any atom is -0.465 e. The van der Waals surface area contributed by atoms with Crippen molar-refractivity contribution in [2.75, 3.05) is 6.61 Å². The second-order valence-corrected chi connectivity index (χ2v) is 5.67. The van der Waals surface area contributed by atoms with Crippen LogP contribution >= 0.6 is 11.3 Å². The van der Waals surface area contributed by atoms with E-state index in [1.807, 2.05) is 13.8 Å². The van der Waals surface area contributed by atoms with Crippen LogP contribution in [0.5, 0.6) is 0 Å². The highest BCUT2D eigenvalue weighted by Gasteiger charge is 2.31. The minimum atomic E-state index is -0.293. The maximum atomic E-state index is 11.9. The molecule has 0 saturated heterocycles. The Balaban J connectivity index is 1.92. The van der Waals surface area contributed by atoms with Crippen molar-refractivity contribution in [3.05, 3.63) is 10.8 Å². The topological polar surface area (TPSA) is 69.4 Å². The summed E-state index contributed by atoms with van der Waals surface area (Å²) in [5, 5.41) is 13.6. The normalized spacial score (nSPS) is 16.7. The van der Waals surface area contributed by atoms with Gasteiger partial charge in [-0.15, -0.1) is 10.2 Å². The third kappa shape index (κ3) is 2.22. The number of rotatable bonds is 5. The summed E-state index contributed by atoms with van der Waals surface area (Å²) in [4.78, 5) is 12.7. The Morgan fingerprint density at radius 2 is 2.26 bits per heavy atom. The standard InChI is InChI=1S/C12H16N4O2S/c1-3-8(11(17)18-4-2)10-15-16-9(7-5-6-7)13-14-12(16)19-10/h7-8H,3-6H2,1-2H3. The fourth-order valence-electron chi connectivity index (χ4n) is 2.07. The lowest BCUT2D eigenvalue weighted by Gasteiger charge is -2.09. The highest BCUT2D eigenvalue weighted by Crippen LogP contribution is 2.39. The van der Waals surface area contributed by atoms with Crippen molar-refractivity contribution >= 4 is 22.3 Å². The van der Waals surface area contributed by atoms with Crippen molar-refractivity contribution in [2.45, 2.75) is 44.9 Å². The van der Waals surface area contributed by atoms with Crippen molar-refractivity contribution < 1.29 is 9.53 Å². The summed E-state index contributed by atoms with van der Waals surface area (Å²) in [6.07, 6.45) is 2.99. The van der Waals surface area contributed by atoms with Crippen LogP contribution in [0.4, 0.5) is 0 Å². The number of aromatic nitrogens is 4. The molecule has 102 valence electrons. The number of nitrogens with zero attached hydrogens (tertiary/aromatic N) is 4. The molecule has 0 aliphatic heterocycles. The van der Waals surface area contributed by atoms with Crippen molar-refractivity contribution in [1.29, 1.82) is 0 Å². The predicted molar refractivity (Wildman–Crippen MR) is 70.3 cm³/mol. The minimum absolute atomic E-state index is 0.206. The van der Waals surface area contributed by atoms with Gasteiger partial charge in [-0.3, -0.25) is 4.79 Å². The van der Waals surface area contributed by atoms with E-state index in [2.05, 4.69) is 15.3 Å². The Bertz CT molecular complexity index is 602. The molecule has 0 N–H and O–H groups in total. The van der Waals surface area contributed by atoms with Gasteiger partial charge in [0.2, 0.25) is 4.96 Å². The predicted octanol–water partition coefficient (Wildman–Crippen LogP) is 2.12. The number of hydrogen-bond donors (Lipinski definition) is 0. The van der Waals surface area contributed by atoms with E-state index in [0.29, 0.717) is 18.9 Å². The average molecular weight is 280 g/mol. The fraction of sp³-hybridized carbons (Fsp3) is 0.667. The number of fused-ring (bicyclic) bond motifs is 1. The maximum absolute atomic E-state index is 11.9. The van der Waals surface area contributed by atoms with Gasteiger partial charge in [0.05, 0.1) is 6.61 Å². The Hall–Kier alpha value is -1.50. The van der Waals surface area contributed by atoms with E-state index in [-0.39, 0.29) is 11.9 Å². The number of hydrogen-bond acceptors (Lipinski definition) is 6. The van der Waals surface area contributed by atoms with Crippen LogP contribution in [-0.4, -0.2) is 32.4 Å². The van der Waals surface area contributed by atoms with E-state index in [0.717, 1.165) is 28.6 Å². The Kier molecular flexibility index (Phi) is 3.22. The summed E-state index contributed by atoms with van der Waals surface area (Å²) in [5.41, 5.74) is 0. The van der Waals surface area contributed by atoms with Gasteiger partial charge in [-0.25, -0.2) is 0 Å². The molecule has 0 amide bonds. The molecule has 0 bridgehead atoms. The molecule has 19 heavy (non-hydrogen) atoms. The Morgan fingerprint density at radius 3 is 2.89 bits per heavy atom. The molecule has 0 aromatic carbocycles. The van der Waals surface area contributed by atoms with Crippen LogP contribution in [0.2, 0.25) is 0 Å². The van der Waals surface area contributed by atoms with E-state index in [1.165, 1.54) is 11.3 Å². The van der Waals surface area contributed by atoms with Crippen LogP contribution in [0.1, 0.15) is 55.8 Å². The first-order valence-corrected chi connectivity index (χ1v) is 7.44. The molecule has 6 nitrogen and oxygen atoms in total. The van der Waals surface area contributed by atoms with E-state index < -0.39 is 0 Å². The highest BCUT2D eigenvalue weighted by atomic mass is 32.1. The highest BCUT2D eigenvalue weighted by molar-refractivity contribution is 7.16. The zero-order chi connectivity index (χ0) is 13.4. The van der Waals surface area contributed by atoms with Crippen LogP contribution in [-0.2, 0) is 9.53 Å². The van der Waals surface area contributed by atoms with Crippen LogP contribution in [0.15, 0.2) is 0 Å². The fourth-order valence-corrected chi connectivity index (χ4v) is 3.09. The number of ether oxygens (including phenoxy) is 1. The smallest absolute Gasteiger partial charge is 0.315 e. The van der Waals surface area contributed by atoms with Gasteiger partial charge in [0.15, 0.2) is 5.82 Å². The third-order valence-corrected chi connectivity index (χ3v) is 4.26. The van der Waals surface area contributed by atoms with Gasteiger partial charge >= 0.3 is 5.97 Å². The number of carbonyl (C=O) groups excluding carboxylic acids is 1. The molecule has 2 aromatic heterocycles. The molecule has 1 fully saturated rings. The molecular weight excluding hydrogens is 264 g/mol. The molecule has 1 saturated carbocycles. The summed E-state index contributed by atoms with van der Waals surface area (Å²) in [6.45, 7) is 4.17. The Morgan fingerprint density at radius 1 is 1.47 bits per heavy atom. The second kappa shape index (κ2) is 4.88. The van der Waals surface area contributed by atoms with Gasteiger partial charge in [-0.1, -0.05) is 18.3 Å². The van der Waals surface area contributed by atoms with Gasteiger partial charge in [0.25, 0.3) is 0 Å². The maximum Gasteiger partial charge on any atom is 0.315 e. The van der Waals surface area contributed by atoms with Gasteiger partial charge < -0.3 is 4.74 Å².